The van der Waals surface area contributed by atoms with Crippen LogP contribution in [0.3, 0.4) is 0 Å². The molecule has 1 aromatic carbocycles. The van der Waals surface area contributed by atoms with E-state index in [-0.39, 0.29) is 11.3 Å². The first-order valence-electron chi connectivity index (χ1n) is 5.58. The van der Waals surface area contributed by atoms with E-state index in [1.807, 2.05) is 24.3 Å². The minimum atomic E-state index is -0.0631. The molecule has 0 radical (unpaired) electrons. The van der Waals surface area contributed by atoms with Crippen LogP contribution < -0.4 is 0 Å². The van der Waals surface area contributed by atoms with Crippen molar-refractivity contribution in [3.8, 4) is 0 Å². The molecule has 1 fully saturated rings. The number of nitrogens with zero attached hydrogens (tertiary/aromatic N) is 2. The summed E-state index contributed by atoms with van der Waals surface area (Å²) in [5.41, 5.74) is 1.92. The minimum Gasteiger partial charge on any atom is -0.340 e. The lowest BCUT2D eigenvalue weighted by molar-refractivity contribution is -0.128. The average Bonchev–Trinajstić information content (AvgIpc) is 2.82. The van der Waals surface area contributed by atoms with Crippen molar-refractivity contribution in [2.45, 2.75) is 18.3 Å². The van der Waals surface area contributed by atoms with Gasteiger partial charge in [-0.05, 0) is 12.1 Å². The van der Waals surface area contributed by atoms with Crippen LogP contribution in [0.2, 0.25) is 0 Å². The largest absolute Gasteiger partial charge is 0.340 e. The second-order valence-corrected chi connectivity index (χ2v) is 4.89. The van der Waals surface area contributed by atoms with E-state index in [4.69, 9.17) is 11.6 Å². The Hall–Kier alpha value is -1.55. The number of aromatic nitrogens is 2. The van der Waals surface area contributed by atoms with Crippen LogP contribution in [0.15, 0.2) is 24.3 Å². The Balaban J connectivity index is 1.83. The molecule has 1 unspecified atom stereocenters. The molecule has 0 bridgehead atoms. The predicted molar refractivity (Wildman–Crippen MR) is 65.8 cm³/mol. The first-order valence-corrected chi connectivity index (χ1v) is 6.01. The lowest BCUT2D eigenvalue weighted by Gasteiger charge is -2.13. The van der Waals surface area contributed by atoms with E-state index in [0.29, 0.717) is 19.5 Å². The Bertz CT molecular complexity index is 533. The molecule has 1 aromatic heterocycles. The third-order valence-electron chi connectivity index (χ3n) is 2.95. The summed E-state index contributed by atoms with van der Waals surface area (Å²) in [5.74, 6) is 0.913. The van der Waals surface area contributed by atoms with Crippen molar-refractivity contribution in [1.82, 2.24) is 14.9 Å². The molecule has 1 aliphatic rings. The van der Waals surface area contributed by atoms with Crippen LogP contribution in [0.25, 0.3) is 11.0 Å². The van der Waals surface area contributed by atoms with Crippen molar-refractivity contribution in [1.29, 1.82) is 0 Å². The zero-order valence-corrected chi connectivity index (χ0v) is 9.94. The maximum atomic E-state index is 11.6. The molecule has 1 amide bonds. The second kappa shape index (κ2) is 4.04. The fourth-order valence-corrected chi connectivity index (χ4v) is 2.44. The van der Waals surface area contributed by atoms with Gasteiger partial charge in [-0.15, -0.1) is 11.6 Å². The summed E-state index contributed by atoms with van der Waals surface area (Å²) in [7, 11) is 0. The van der Waals surface area contributed by atoms with Gasteiger partial charge in [-0.3, -0.25) is 4.79 Å². The molecule has 4 nitrogen and oxygen atoms in total. The highest BCUT2D eigenvalue weighted by Gasteiger charge is 2.28. The number of halogens is 1. The molecular weight excluding hydrogens is 238 g/mol. The Labute approximate surface area is 104 Å². The molecule has 3 rings (SSSR count). The number of amides is 1. The lowest BCUT2D eigenvalue weighted by Crippen LogP contribution is -2.25. The van der Waals surface area contributed by atoms with Gasteiger partial charge in [0.15, 0.2) is 0 Å². The third-order valence-corrected chi connectivity index (χ3v) is 3.24. The summed E-state index contributed by atoms with van der Waals surface area (Å²) < 4.78 is 0. The van der Waals surface area contributed by atoms with Crippen LogP contribution in [0, 0.1) is 0 Å². The maximum absolute atomic E-state index is 11.6. The topological polar surface area (TPSA) is 49.0 Å². The number of imidazole rings is 1. The normalized spacial score (nSPS) is 20.4. The van der Waals surface area contributed by atoms with E-state index in [1.54, 1.807) is 4.90 Å². The number of hydrogen-bond acceptors (Lipinski definition) is 2. The first kappa shape index (κ1) is 10.6. The first-order chi connectivity index (χ1) is 8.22. The Morgan fingerprint density at radius 2 is 2.29 bits per heavy atom. The van der Waals surface area contributed by atoms with E-state index in [1.165, 1.54) is 0 Å². The van der Waals surface area contributed by atoms with Gasteiger partial charge >= 0.3 is 0 Å². The Kier molecular flexibility index (Phi) is 2.52. The smallest absolute Gasteiger partial charge is 0.224 e. The molecule has 2 aromatic rings. The van der Waals surface area contributed by atoms with Gasteiger partial charge in [-0.1, -0.05) is 12.1 Å². The van der Waals surface area contributed by atoms with Crippen molar-refractivity contribution in [2.24, 2.45) is 0 Å². The number of hydrogen-bond donors (Lipinski definition) is 1. The number of rotatable bonds is 2. The molecule has 5 heteroatoms. The van der Waals surface area contributed by atoms with Gasteiger partial charge in [0.05, 0.1) is 23.0 Å². The summed E-state index contributed by atoms with van der Waals surface area (Å²) in [4.78, 5) is 21.0. The molecule has 0 spiro atoms. The van der Waals surface area contributed by atoms with E-state index < -0.39 is 0 Å². The highest BCUT2D eigenvalue weighted by molar-refractivity contribution is 6.22. The number of alkyl halides is 1. The van der Waals surface area contributed by atoms with Crippen molar-refractivity contribution >= 4 is 28.5 Å². The standard InChI is InChI=1S/C12H12ClN3O/c13-8-5-12(17)16(6-8)7-11-14-9-3-1-2-4-10(9)15-11/h1-4,8H,5-7H2,(H,14,15). The van der Waals surface area contributed by atoms with Gasteiger partial charge in [0.2, 0.25) is 5.91 Å². The molecule has 1 aliphatic heterocycles. The van der Waals surface area contributed by atoms with Gasteiger partial charge in [-0.25, -0.2) is 4.98 Å². The molecule has 88 valence electrons. The molecule has 1 saturated heterocycles. The molecule has 1 N–H and O–H groups in total. The summed E-state index contributed by atoms with van der Waals surface area (Å²) in [6, 6.07) is 7.83. The lowest BCUT2D eigenvalue weighted by atomic mass is 10.3. The van der Waals surface area contributed by atoms with Gasteiger partial charge in [0, 0.05) is 13.0 Å². The van der Waals surface area contributed by atoms with Crippen LogP contribution >= 0.6 is 11.6 Å². The highest BCUT2D eigenvalue weighted by Crippen LogP contribution is 2.19. The van der Waals surface area contributed by atoms with Gasteiger partial charge in [0.25, 0.3) is 0 Å². The van der Waals surface area contributed by atoms with E-state index in [9.17, 15) is 4.79 Å². The minimum absolute atomic E-state index is 0.0631. The number of benzene rings is 1. The summed E-state index contributed by atoms with van der Waals surface area (Å²) >= 11 is 5.95. The molecule has 2 heterocycles. The fraction of sp³-hybridized carbons (Fsp3) is 0.333. The van der Waals surface area contributed by atoms with Gasteiger partial charge in [0.1, 0.15) is 5.82 Å². The molecular formula is C12H12ClN3O. The predicted octanol–water partition coefficient (Wildman–Crippen LogP) is 1.90. The van der Waals surface area contributed by atoms with Crippen molar-refractivity contribution in [2.75, 3.05) is 6.54 Å². The monoisotopic (exact) mass is 249 g/mol. The summed E-state index contributed by atoms with van der Waals surface area (Å²) in [5, 5.41) is -0.0631. The number of para-hydroxylation sites is 2. The van der Waals surface area contributed by atoms with E-state index >= 15 is 0 Å². The Morgan fingerprint density at radius 1 is 1.47 bits per heavy atom. The molecule has 1 atom stereocenters. The maximum Gasteiger partial charge on any atom is 0.224 e. The van der Waals surface area contributed by atoms with Crippen LogP contribution in [0.4, 0.5) is 0 Å². The number of likely N-dealkylation sites (tertiary alicyclic amines) is 1. The van der Waals surface area contributed by atoms with Crippen molar-refractivity contribution in [3.05, 3.63) is 30.1 Å². The number of H-pyrrole nitrogens is 1. The molecule has 0 aliphatic carbocycles. The third kappa shape index (κ3) is 2.00. The zero-order chi connectivity index (χ0) is 11.8. The van der Waals surface area contributed by atoms with E-state index in [0.717, 1.165) is 16.9 Å². The summed E-state index contributed by atoms with van der Waals surface area (Å²) in [6.07, 6.45) is 0.432. The molecule has 17 heavy (non-hydrogen) atoms. The quantitative estimate of drug-likeness (QED) is 0.827. The van der Waals surface area contributed by atoms with Crippen LogP contribution in [0.1, 0.15) is 12.2 Å². The fourth-order valence-electron chi connectivity index (χ4n) is 2.14. The van der Waals surface area contributed by atoms with Gasteiger partial charge < -0.3 is 9.88 Å². The second-order valence-electron chi connectivity index (χ2n) is 4.28. The Morgan fingerprint density at radius 3 is 3.00 bits per heavy atom. The van der Waals surface area contributed by atoms with Gasteiger partial charge in [-0.2, -0.15) is 0 Å². The van der Waals surface area contributed by atoms with Crippen LogP contribution in [-0.2, 0) is 11.3 Å². The summed E-state index contributed by atoms with van der Waals surface area (Å²) in [6.45, 7) is 1.12. The van der Waals surface area contributed by atoms with E-state index in [2.05, 4.69) is 9.97 Å². The number of fused-ring (bicyclic) bond motifs is 1. The number of carbonyl (C=O) groups excluding carboxylic acids is 1. The number of carbonyl (C=O) groups is 1. The van der Waals surface area contributed by atoms with Crippen molar-refractivity contribution in [3.63, 3.8) is 0 Å². The zero-order valence-electron chi connectivity index (χ0n) is 9.19. The molecule has 0 saturated carbocycles. The number of nitrogens with one attached hydrogen (secondary N) is 1. The SMILES string of the molecule is O=C1CC(Cl)CN1Cc1nc2ccccc2[nH]1. The number of aromatic amines is 1. The van der Waals surface area contributed by atoms with Crippen molar-refractivity contribution < 1.29 is 4.79 Å². The average molecular weight is 250 g/mol. The van der Waals surface area contributed by atoms with Crippen LogP contribution in [0.5, 0.6) is 0 Å². The van der Waals surface area contributed by atoms with Crippen LogP contribution in [-0.4, -0.2) is 32.7 Å². The highest BCUT2D eigenvalue weighted by atomic mass is 35.5.